The molecular formula is C17H16F2N4O2S. The molecule has 0 atom stereocenters. The maximum atomic E-state index is 14.9. The molecule has 0 saturated heterocycles. The number of hydrogen-bond acceptors (Lipinski definition) is 5. The number of pyridine rings is 2. The molecule has 0 amide bonds. The highest BCUT2D eigenvalue weighted by atomic mass is 32.2. The summed E-state index contributed by atoms with van der Waals surface area (Å²) < 4.78 is 56.0. The van der Waals surface area contributed by atoms with Crippen molar-refractivity contribution in [3.05, 3.63) is 65.9 Å². The number of hydrogen-bond donors (Lipinski definition) is 1. The molecule has 6 nitrogen and oxygen atoms in total. The molecule has 1 N–H and O–H groups in total. The van der Waals surface area contributed by atoms with Gasteiger partial charge in [0.1, 0.15) is 10.6 Å². The first kappa shape index (κ1) is 18.2. The first-order chi connectivity index (χ1) is 12.4. The summed E-state index contributed by atoms with van der Waals surface area (Å²) in [6, 6.07) is 4.11. The zero-order valence-electron chi connectivity index (χ0n) is 14.1. The smallest absolute Gasteiger partial charge is 0.269 e. The second-order valence-electron chi connectivity index (χ2n) is 5.69. The Bertz CT molecular complexity index is 1060. The van der Waals surface area contributed by atoms with Crippen LogP contribution < -0.4 is 5.32 Å². The quantitative estimate of drug-likeness (QED) is 0.691. The minimum atomic E-state index is -4.19. The largest absolute Gasteiger partial charge is 0.316 e. The number of aryl methyl sites for hydroxylation is 1. The fraction of sp³-hybridized carbons (Fsp3) is 0.176. The third-order valence-electron chi connectivity index (χ3n) is 3.77. The molecule has 0 bridgehead atoms. The van der Waals surface area contributed by atoms with Gasteiger partial charge in [-0.1, -0.05) is 0 Å². The summed E-state index contributed by atoms with van der Waals surface area (Å²) in [5.74, 6) is -1.78. The van der Waals surface area contributed by atoms with Gasteiger partial charge >= 0.3 is 0 Å². The van der Waals surface area contributed by atoms with Gasteiger partial charge in [0.25, 0.3) is 10.0 Å². The van der Waals surface area contributed by atoms with Crippen LogP contribution in [0, 0.1) is 18.7 Å². The van der Waals surface area contributed by atoms with E-state index in [0.717, 1.165) is 10.2 Å². The van der Waals surface area contributed by atoms with Crippen molar-refractivity contribution in [2.75, 3.05) is 7.05 Å². The third-order valence-corrected chi connectivity index (χ3v) is 5.40. The van der Waals surface area contributed by atoms with Crippen molar-refractivity contribution in [1.82, 2.24) is 19.3 Å². The summed E-state index contributed by atoms with van der Waals surface area (Å²) in [6.07, 6.45) is 5.02. The van der Waals surface area contributed by atoms with Crippen molar-refractivity contribution >= 4 is 10.0 Å². The number of halogens is 2. The summed E-state index contributed by atoms with van der Waals surface area (Å²) in [6.45, 7) is 1.77. The maximum absolute atomic E-state index is 14.9. The Hall–Kier alpha value is -2.65. The first-order valence-electron chi connectivity index (χ1n) is 7.68. The van der Waals surface area contributed by atoms with Crippen LogP contribution in [-0.2, 0) is 16.6 Å². The van der Waals surface area contributed by atoms with Gasteiger partial charge in [-0.3, -0.25) is 4.98 Å². The highest BCUT2D eigenvalue weighted by Gasteiger charge is 2.28. The van der Waals surface area contributed by atoms with E-state index in [1.54, 1.807) is 14.0 Å². The lowest BCUT2D eigenvalue weighted by atomic mass is 10.2. The van der Waals surface area contributed by atoms with E-state index in [2.05, 4.69) is 15.3 Å². The standard InChI is InChI=1S/C17H16F2N4O2S/c1-11-6-13(9-21-7-11)26(24,25)23-10-12(8-20-2)15(18)16(23)14-4-3-5-22-17(14)19/h3-7,9-10,20H,8H2,1-2H3. The Labute approximate surface area is 149 Å². The normalized spacial score (nSPS) is 11.7. The van der Waals surface area contributed by atoms with Gasteiger partial charge in [0, 0.05) is 36.9 Å². The van der Waals surface area contributed by atoms with Gasteiger partial charge in [-0.05, 0) is 37.7 Å². The summed E-state index contributed by atoms with van der Waals surface area (Å²) in [4.78, 5) is 7.25. The second-order valence-corrected chi connectivity index (χ2v) is 7.50. The molecule has 3 aromatic rings. The zero-order chi connectivity index (χ0) is 18.9. The van der Waals surface area contributed by atoms with Gasteiger partial charge in [0.15, 0.2) is 5.82 Å². The monoisotopic (exact) mass is 378 g/mol. The average Bonchev–Trinajstić information content (AvgIpc) is 2.93. The van der Waals surface area contributed by atoms with Crippen molar-refractivity contribution in [3.8, 4) is 11.3 Å². The average molecular weight is 378 g/mol. The Kier molecular flexibility index (Phi) is 4.84. The molecule has 0 aliphatic carbocycles. The highest BCUT2D eigenvalue weighted by molar-refractivity contribution is 7.90. The predicted octanol–water partition coefficient (Wildman–Crippen LogP) is 2.49. The predicted molar refractivity (Wildman–Crippen MR) is 91.9 cm³/mol. The molecule has 0 aromatic carbocycles. The molecule has 0 spiro atoms. The van der Waals surface area contributed by atoms with E-state index in [9.17, 15) is 17.2 Å². The molecule has 0 radical (unpaired) electrons. The van der Waals surface area contributed by atoms with Crippen LogP contribution in [0.15, 0.2) is 47.9 Å². The third kappa shape index (κ3) is 3.11. The van der Waals surface area contributed by atoms with Crippen molar-refractivity contribution in [3.63, 3.8) is 0 Å². The van der Waals surface area contributed by atoms with Gasteiger partial charge in [-0.25, -0.2) is 21.8 Å². The van der Waals surface area contributed by atoms with Crippen molar-refractivity contribution in [2.45, 2.75) is 18.4 Å². The van der Waals surface area contributed by atoms with E-state index in [4.69, 9.17) is 0 Å². The Morgan fingerprint density at radius 1 is 1.27 bits per heavy atom. The molecule has 0 unspecified atom stereocenters. The lowest BCUT2D eigenvalue weighted by Gasteiger charge is -2.11. The molecule has 9 heteroatoms. The molecule has 26 heavy (non-hydrogen) atoms. The minimum absolute atomic E-state index is 0.0787. The molecule has 0 aliphatic heterocycles. The SMILES string of the molecule is CNCc1cn(S(=O)(=O)c2cncc(C)c2)c(-c2cccnc2F)c1F. The number of rotatable bonds is 5. The second kappa shape index (κ2) is 6.93. The van der Waals surface area contributed by atoms with Crippen LogP contribution >= 0.6 is 0 Å². The highest BCUT2D eigenvalue weighted by Crippen LogP contribution is 2.31. The fourth-order valence-electron chi connectivity index (χ4n) is 2.60. The van der Waals surface area contributed by atoms with E-state index >= 15 is 0 Å². The molecule has 136 valence electrons. The zero-order valence-corrected chi connectivity index (χ0v) is 14.9. The van der Waals surface area contributed by atoms with Gasteiger partial charge < -0.3 is 5.32 Å². The Morgan fingerprint density at radius 3 is 2.69 bits per heavy atom. The molecular weight excluding hydrogens is 362 g/mol. The van der Waals surface area contributed by atoms with Gasteiger partial charge in [0.05, 0.1) is 5.56 Å². The van der Waals surface area contributed by atoms with Gasteiger partial charge in [-0.15, -0.1) is 0 Å². The van der Waals surface area contributed by atoms with Gasteiger partial charge in [0.2, 0.25) is 5.95 Å². The van der Waals surface area contributed by atoms with Crippen LogP contribution in [0.1, 0.15) is 11.1 Å². The molecule has 0 saturated carbocycles. The van der Waals surface area contributed by atoms with E-state index < -0.39 is 27.5 Å². The number of nitrogens with zero attached hydrogens (tertiary/aromatic N) is 3. The molecule has 3 heterocycles. The number of nitrogens with one attached hydrogen (secondary N) is 1. The van der Waals surface area contributed by atoms with E-state index in [-0.39, 0.29) is 22.6 Å². The van der Waals surface area contributed by atoms with Crippen LogP contribution in [0.5, 0.6) is 0 Å². The summed E-state index contributed by atoms with van der Waals surface area (Å²) in [7, 11) is -2.59. The lowest BCUT2D eigenvalue weighted by Crippen LogP contribution is -2.14. The lowest BCUT2D eigenvalue weighted by molar-refractivity contribution is 0.574. The van der Waals surface area contributed by atoms with E-state index in [1.165, 1.54) is 36.8 Å². The Balaban J connectivity index is 2.31. The van der Waals surface area contributed by atoms with Crippen LogP contribution in [0.2, 0.25) is 0 Å². The van der Waals surface area contributed by atoms with Gasteiger partial charge in [-0.2, -0.15) is 4.39 Å². The van der Waals surface area contributed by atoms with E-state index in [1.807, 2.05) is 0 Å². The molecule has 3 rings (SSSR count). The van der Waals surface area contributed by atoms with Crippen molar-refractivity contribution in [1.29, 1.82) is 0 Å². The first-order valence-corrected chi connectivity index (χ1v) is 9.12. The van der Waals surface area contributed by atoms with Crippen LogP contribution in [0.3, 0.4) is 0 Å². The van der Waals surface area contributed by atoms with Crippen LogP contribution in [0.25, 0.3) is 11.3 Å². The number of aromatic nitrogens is 3. The molecule has 0 aliphatic rings. The van der Waals surface area contributed by atoms with Crippen molar-refractivity contribution in [2.24, 2.45) is 0 Å². The maximum Gasteiger partial charge on any atom is 0.269 e. The summed E-state index contributed by atoms with van der Waals surface area (Å²) in [5, 5.41) is 2.76. The Morgan fingerprint density at radius 2 is 2.04 bits per heavy atom. The minimum Gasteiger partial charge on any atom is -0.316 e. The van der Waals surface area contributed by atoms with Crippen LogP contribution in [-0.4, -0.2) is 29.4 Å². The molecule has 0 fully saturated rings. The topological polar surface area (TPSA) is 76.9 Å². The van der Waals surface area contributed by atoms with Crippen molar-refractivity contribution < 1.29 is 17.2 Å². The van der Waals surface area contributed by atoms with E-state index in [0.29, 0.717) is 5.56 Å². The fourth-order valence-corrected chi connectivity index (χ4v) is 4.04. The molecule has 3 aromatic heterocycles. The van der Waals surface area contributed by atoms with Crippen LogP contribution in [0.4, 0.5) is 8.78 Å². The summed E-state index contributed by atoms with van der Waals surface area (Å²) >= 11 is 0. The summed E-state index contributed by atoms with van der Waals surface area (Å²) in [5.41, 5.74) is 0.0806.